The van der Waals surface area contributed by atoms with Gasteiger partial charge in [-0.3, -0.25) is 9.36 Å². The number of aromatic amines is 1. The first kappa shape index (κ1) is 9.73. The van der Waals surface area contributed by atoms with Gasteiger partial charge >= 0.3 is 5.69 Å². The summed E-state index contributed by atoms with van der Waals surface area (Å²) in [5.41, 5.74) is 5.06. The van der Waals surface area contributed by atoms with Gasteiger partial charge in [0.2, 0.25) is 0 Å². The van der Waals surface area contributed by atoms with Gasteiger partial charge in [0, 0.05) is 24.3 Å². The second kappa shape index (κ2) is 3.57. The summed E-state index contributed by atoms with van der Waals surface area (Å²) >= 11 is 0. The highest BCUT2D eigenvalue weighted by Gasteiger charge is 2.08. The van der Waals surface area contributed by atoms with E-state index in [2.05, 4.69) is 4.98 Å². The first-order chi connectivity index (χ1) is 6.07. The molecule has 0 bridgehead atoms. The molecule has 1 aromatic rings. The van der Waals surface area contributed by atoms with E-state index in [1.807, 2.05) is 0 Å². The van der Waals surface area contributed by atoms with Gasteiger partial charge < -0.3 is 10.7 Å². The SMILES string of the molecule is CC(C)n1c(=O)[nH]cc(CN)c1=O. The maximum absolute atomic E-state index is 11.5. The Labute approximate surface area is 75.2 Å². The minimum absolute atomic E-state index is 0.141. The van der Waals surface area contributed by atoms with Crippen LogP contribution >= 0.6 is 0 Å². The van der Waals surface area contributed by atoms with Crippen LogP contribution in [0.5, 0.6) is 0 Å². The number of rotatable bonds is 2. The van der Waals surface area contributed by atoms with Crippen LogP contribution in [0.3, 0.4) is 0 Å². The Morgan fingerprint density at radius 3 is 2.62 bits per heavy atom. The lowest BCUT2D eigenvalue weighted by atomic mass is 10.3. The number of aromatic nitrogens is 2. The summed E-state index contributed by atoms with van der Waals surface area (Å²) in [4.78, 5) is 25.2. The Morgan fingerprint density at radius 2 is 2.15 bits per heavy atom. The number of nitrogens with two attached hydrogens (primary N) is 1. The zero-order valence-corrected chi connectivity index (χ0v) is 7.70. The Kier molecular flexibility index (Phi) is 2.67. The van der Waals surface area contributed by atoms with Gasteiger partial charge in [-0.25, -0.2) is 4.79 Å². The minimum atomic E-state index is -0.391. The smallest absolute Gasteiger partial charge is 0.326 e. The zero-order valence-electron chi connectivity index (χ0n) is 7.70. The van der Waals surface area contributed by atoms with Crippen molar-refractivity contribution in [2.24, 2.45) is 5.73 Å². The highest BCUT2D eigenvalue weighted by atomic mass is 16.2. The number of hydrogen-bond donors (Lipinski definition) is 2. The quantitative estimate of drug-likeness (QED) is 0.653. The first-order valence-electron chi connectivity index (χ1n) is 4.11. The van der Waals surface area contributed by atoms with Crippen LogP contribution in [-0.2, 0) is 6.54 Å². The van der Waals surface area contributed by atoms with Crippen LogP contribution in [0, 0.1) is 0 Å². The molecule has 5 heteroatoms. The molecule has 5 nitrogen and oxygen atoms in total. The van der Waals surface area contributed by atoms with Gasteiger partial charge in [-0.2, -0.15) is 0 Å². The molecule has 0 spiro atoms. The van der Waals surface area contributed by atoms with Crippen LogP contribution in [0.15, 0.2) is 15.8 Å². The third-order valence-electron chi connectivity index (χ3n) is 1.82. The fourth-order valence-corrected chi connectivity index (χ4v) is 1.14. The van der Waals surface area contributed by atoms with Gasteiger partial charge in [-0.1, -0.05) is 0 Å². The molecule has 0 aliphatic carbocycles. The predicted molar refractivity (Wildman–Crippen MR) is 49.6 cm³/mol. The van der Waals surface area contributed by atoms with Crippen molar-refractivity contribution in [1.29, 1.82) is 0 Å². The molecular weight excluding hydrogens is 170 g/mol. The summed E-state index contributed by atoms with van der Waals surface area (Å²) in [5, 5.41) is 0. The third-order valence-corrected chi connectivity index (χ3v) is 1.82. The summed E-state index contributed by atoms with van der Waals surface area (Å²) in [7, 11) is 0. The van der Waals surface area contributed by atoms with Crippen molar-refractivity contribution in [2.45, 2.75) is 26.4 Å². The molecule has 0 aliphatic rings. The van der Waals surface area contributed by atoms with Crippen LogP contribution in [0.2, 0.25) is 0 Å². The molecule has 0 saturated carbocycles. The van der Waals surface area contributed by atoms with E-state index in [1.165, 1.54) is 6.20 Å². The van der Waals surface area contributed by atoms with Crippen molar-refractivity contribution in [1.82, 2.24) is 9.55 Å². The van der Waals surface area contributed by atoms with Crippen molar-refractivity contribution in [3.8, 4) is 0 Å². The topological polar surface area (TPSA) is 80.9 Å². The van der Waals surface area contributed by atoms with Crippen LogP contribution in [-0.4, -0.2) is 9.55 Å². The summed E-state index contributed by atoms with van der Waals surface area (Å²) in [6.45, 7) is 3.69. The molecule has 0 aliphatic heterocycles. The van der Waals surface area contributed by atoms with E-state index in [-0.39, 0.29) is 18.1 Å². The van der Waals surface area contributed by atoms with Crippen molar-refractivity contribution in [3.05, 3.63) is 32.6 Å². The van der Waals surface area contributed by atoms with Gasteiger partial charge in [0.25, 0.3) is 5.56 Å². The molecule has 3 N–H and O–H groups in total. The predicted octanol–water partition coefficient (Wildman–Crippen LogP) is -0.424. The Morgan fingerprint density at radius 1 is 1.54 bits per heavy atom. The van der Waals surface area contributed by atoms with E-state index >= 15 is 0 Å². The molecular formula is C8H13N3O2. The van der Waals surface area contributed by atoms with Gasteiger partial charge in [0.15, 0.2) is 0 Å². The van der Waals surface area contributed by atoms with Crippen LogP contribution in [0.25, 0.3) is 0 Å². The lowest BCUT2D eigenvalue weighted by Crippen LogP contribution is -2.38. The average molecular weight is 183 g/mol. The fourth-order valence-electron chi connectivity index (χ4n) is 1.14. The van der Waals surface area contributed by atoms with Crippen LogP contribution in [0.4, 0.5) is 0 Å². The monoisotopic (exact) mass is 183 g/mol. The second-order valence-electron chi connectivity index (χ2n) is 3.09. The molecule has 0 atom stereocenters. The van der Waals surface area contributed by atoms with Gasteiger partial charge in [0.05, 0.1) is 0 Å². The fraction of sp³-hybridized carbons (Fsp3) is 0.500. The lowest BCUT2D eigenvalue weighted by Gasteiger charge is -2.08. The highest BCUT2D eigenvalue weighted by Crippen LogP contribution is 1.94. The van der Waals surface area contributed by atoms with E-state index < -0.39 is 5.69 Å². The maximum atomic E-state index is 11.5. The molecule has 72 valence electrons. The van der Waals surface area contributed by atoms with Gasteiger partial charge in [-0.05, 0) is 13.8 Å². The summed E-state index contributed by atoms with van der Waals surface area (Å²) in [6, 6.07) is -0.150. The zero-order chi connectivity index (χ0) is 10.0. The third kappa shape index (κ3) is 1.70. The average Bonchev–Trinajstić information content (AvgIpc) is 2.04. The molecule has 1 rings (SSSR count). The molecule has 0 unspecified atom stereocenters. The van der Waals surface area contributed by atoms with Crippen LogP contribution in [0.1, 0.15) is 25.5 Å². The Hall–Kier alpha value is -1.36. The Bertz CT molecular complexity index is 403. The first-order valence-corrected chi connectivity index (χ1v) is 4.11. The minimum Gasteiger partial charge on any atom is -0.326 e. The van der Waals surface area contributed by atoms with Crippen LogP contribution < -0.4 is 17.0 Å². The lowest BCUT2D eigenvalue weighted by molar-refractivity contribution is 0.540. The molecule has 0 radical (unpaired) electrons. The van der Waals surface area contributed by atoms with Crippen molar-refractivity contribution in [2.75, 3.05) is 0 Å². The van der Waals surface area contributed by atoms with Crippen molar-refractivity contribution in [3.63, 3.8) is 0 Å². The highest BCUT2D eigenvalue weighted by molar-refractivity contribution is 5.04. The second-order valence-corrected chi connectivity index (χ2v) is 3.09. The van der Waals surface area contributed by atoms with E-state index in [0.717, 1.165) is 4.57 Å². The summed E-state index contributed by atoms with van der Waals surface area (Å²) < 4.78 is 1.15. The number of hydrogen-bond acceptors (Lipinski definition) is 3. The molecule has 0 amide bonds. The molecule has 1 heterocycles. The van der Waals surface area contributed by atoms with E-state index in [4.69, 9.17) is 5.73 Å². The van der Waals surface area contributed by atoms with Gasteiger partial charge in [-0.15, -0.1) is 0 Å². The molecule has 0 saturated heterocycles. The molecule has 0 fully saturated rings. The maximum Gasteiger partial charge on any atom is 0.328 e. The molecule has 1 aromatic heterocycles. The number of H-pyrrole nitrogens is 1. The molecule has 0 aromatic carbocycles. The summed E-state index contributed by atoms with van der Waals surface area (Å²) in [6.07, 6.45) is 1.36. The Balaban J connectivity index is 3.49. The molecule has 13 heavy (non-hydrogen) atoms. The van der Waals surface area contributed by atoms with Crippen molar-refractivity contribution >= 4 is 0 Å². The van der Waals surface area contributed by atoms with Crippen molar-refractivity contribution < 1.29 is 0 Å². The number of nitrogens with one attached hydrogen (secondary N) is 1. The van der Waals surface area contributed by atoms with E-state index in [1.54, 1.807) is 13.8 Å². The number of nitrogens with zero attached hydrogens (tertiary/aromatic N) is 1. The normalized spacial score (nSPS) is 10.8. The standard InChI is InChI=1S/C8H13N3O2/c1-5(2)11-7(12)6(3-9)4-10-8(11)13/h4-5H,3,9H2,1-2H3,(H,10,13). The van der Waals surface area contributed by atoms with Gasteiger partial charge in [0.1, 0.15) is 0 Å². The summed E-state index contributed by atoms with van der Waals surface area (Å²) in [5.74, 6) is 0. The van der Waals surface area contributed by atoms with E-state index in [9.17, 15) is 9.59 Å². The largest absolute Gasteiger partial charge is 0.328 e. The van der Waals surface area contributed by atoms with E-state index in [0.29, 0.717) is 5.56 Å².